The molecule has 6 nitrogen and oxygen atoms in total. The Morgan fingerprint density at radius 1 is 1.03 bits per heavy atom. The van der Waals surface area contributed by atoms with E-state index in [-0.39, 0.29) is 41.0 Å². The molecule has 1 aliphatic rings. The number of methoxy groups -OCH3 is 1. The number of rotatable bonds is 6. The van der Waals surface area contributed by atoms with Crippen LogP contribution in [0.15, 0.2) is 41.5 Å². The van der Waals surface area contributed by atoms with Gasteiger partial charge >= 0.3 is 0 Å². The molecule has 0 amide bonds. The molecule has 1 aliphatic heterocycles. The number of ketones is 1. The lowest BCUT2D eigenvalue weighted by molar-refractivity contribution is 0.0889. The summed E-state index contributed by atoms with van der Waals surface area (Å²) in [6.45, 7) is 7.76. The second-order valence-corrected chi connectivity index (χ2v) is 8.48. The minimum Gasteiger partial charge on any atom is -0.508 e. The second kappa shape index (κ2) is 9.39. The smallest absolute Gasteiger partial charge is 0.181 e. The van der Waals surface area contributed by atoms with Gasteiger partial charge in [0.2, 0.25) is 0 Å². The summed E-state index contributed by atoms with van der Waals surface area (Å²) < 4.78 is 11.2. The van der Waals surface area contributed by atoms with Gasteiger partial charge in [0.15, 0.2) is 5.78 Å². The summed E-state index contributed by atoms with van der Waals surface area (Å²) in [6, 6.07) is 4.62. The molecule has 3 rings (SSSR count). The molecule has 0 fully saturated rings. The molecule has 0 bridgehead atoms. The molecule has 2 aromatic rings. The van der Waals surface area contributed by atoms with Gasteiger partial charge in [-0.05, 0) is 46.6 Å². The van der Waals surface area contributed by atoms with Crippen LogP contribution in [-0.2, 0) is 12.8 Å². The highest BCUT2D eigenvalue weighted by molar-refractivity contribution is 6.07. The first kappa shape index (κ1) is 23.3. The minimum atomic E-state index is -0.816. The Balaban J connectivity index is 2.07. The van der Waals surface area contributed by atoms with Gasteiger partial charge in [0, 0.05) is 22.8 Å². The van der Waals surface area contributed by atoms with Gasteiger partial charge in [-0.2, -0.15) is 0 Å². The Morgan fingerprint density at radius 2 is 1.66 bits per heavy atom. The Morgan fingerprint density at radius 3 is 2.25 bits per heavy atom. The van der Waals surface area contributed by atoms with Crippen LogP contribution in [-0.4, -0.2) is 34.8 Å². The topological polar surface area (TPSA) is 96.2 Å². The fourth-order valence-corrected chi connectivity index (χ4v) is 3.79. The molecule has 1 heterocycles. The van der Waals surface area contributed by atoms with Crippen molar-refractivity contribution in [2.75, 3.05) is 13.7 Å². The van der Waals surface area contributed by atoms with E-state index in [2.05, 4.69) is 0 Å². The number of phenolic OH excluding ortho intramolecular Hbond substituents is 3. The fourth-order valence-electron chi connectivity index (χ4n) is 3.79. The molecule has 0 saturated heterocycles. The SMILES string of the molecule is COc1cc2c(c(O)c1CC=C(C)C)C(=O)C(c1ccc(O)c(CC=C(C)C)c1O)CO2. The highest BCUT2D eigenvalue weighted by atomic mass is 16.5. The van der Waals surface area contributed by atoms with Crippen molar-refractivity contribution in [1.82, 2.24) is 0 Å². The molecule has 2 aromatic carbocycles. The number of ether oxygens (including phenoxy) is 2. The van der Waals surface area contributed by atoms with Crippen LogP contribution in [0.4, 0.5) is 0 Å². The van der Waals surface area contributed by atoms with Gasteiger partial charge in [0.1, 0.15) is 40.9 Å². The normalized spacial score (nSPS) is 14.9. The molecule has 1 unspecified atom stereocenters. The number of carbonyl (C=O) groups excluding carboxylic acids is 1. The molecule has 0 aromatic heterocycles. The average Bonchev–Trinajstić information content (AvgIpc) is 2.73. The predicted molar refractivity (Wildman–Crippen MR) is 123 cm³/mol. The third-order valence-corrected chi connectivity index (χ3v) is 5.61. The third-order valence-electron chi connectivity index (χ3n) is 5.61. The van der Waals surface area contributed by atoms with E-state index in [0.717, 1.165) is 11.1 Å². The second-order valence-electron chi connectivity index (χ2n) is 8.48. The summed E-state index contributed by atoms with van der Waals surface area (Å²) in [4.78, 5) is 13.5. The maximum Gasteiger partial charge on any atom is 0.181 e. The van der Waals surface area contributed by atoms with Crippen LogP contribution in [0.25, 0.3) is 0 Å². The zero-order valence-electron chi connectivity index (χ0n) is 19.2. The van der Waals surface area contributed by atoms with Crippen LogP contribution in [0.5, 0.6) is 28.7 Å². The summed E-state index contributed by atoms with van der Waals surface area (Å²) >= 11 is 0. The molecular formula is C26H30O6. The van der Waals surface area contributed by atoms with E-state index >= 15 is 0 Å². The minimum absolute atomic E-state index is 0.00215. The molecule has 0 saturated carbocycles. The van der Waals surface area contributed by atoms with Gasteiger partial charge in [0.05, 0.1) is 13.0 Å². The van der Waals surface area contributed by atoms with E-state index in [9.17, 15) is 20.1 Å². The van der Waals surface area contributed by atoms with Gasteiger partial charge in [-0.25, -0.2) is 0 Å². The summed E-state index contributed by atoms with van der Waals surface area (Å²) in [6.07, 6.45) is 4.57. The number of fused-ring (bicyclic) bond motifs is 1. The molecule has 32 heavy (non-hydrogen) atoms. The molecule has 170 valence electrons. The highest BCUT2D eigenvalue weighted by Crippen LogP contribution is 2.46. The molecule has 6 heteroatoms. The Bertz CT molecular complexity index is 1100. The van der Waals surface area contributed by atoms with E-state index in [4.69, 9.17) is 9.47 Å². The lowest BCUT2D eigenvalue weighted by atomic mass is 9.85. The van der Waals surface area contributed by atoms with Crippen molar-refractivity contribution in [1.29, 1.82) is 0 Å². The summed E-state index contributed by atoms with van der Waals surface area (Å²) in [5.74, 6) is -0.806. The van der Waals surface area contributed by atoms with Crippen LogP contribution < -0.4 is 9.47 Å². The zero-order valence-corrected chi connectivity index (χ0v) is 19.2. The van der Waals surface area contributed by atoms with E-state index in [1.807, 2.05) is 39.8 Å². The zero-order chi connectivity index (χ0) is 23.6. The number of aromatic hydroxyl groups is 3. The quantitative estimate of drug-likeness (QED) is 0.537. The van der Waals surface area contributed by atoms with Crippen LogP contribution in [0.1, 0.15) is 60.7 Å². The fraction of sp³-hybridized carbons (Fsp3) is 0.346. The maximum absolute atomic E-state index is 13.5. The van der Waals surface area contributed by atoms with Crippen molar-refractivity contribution in [3.05, 3.63) is 63.8 Å². The highest BCUT2D eigenvalue weighted by Gasteiger charge is 2.36. The van der Waals surface area contributed by atoms with Crippen molar-refractivity contribution in [3.8, 4) is 28.7 Å². The lowest BCUT2D eigenvalue weighted by Gasteiger charge is -2.27. The largest absolute Gasteiger partial charge is 0.508 e. The number of allylic oxidation sites excluding steroid dienone is 4. The van der Waals surface area contributed by atoms with E-state index in [0.29, 0.717) is 35.3 Å². The first-order valence-electron chi connectivity index (χ1n) is 10.6. The standard InChI is InChI=1S/C26H30O6/c1-14(2)6-8-17-20(27)11-10-16(24(17)28)19-13-32-22-12-21(31-5)18(9-7-15(3)4)25(29)23(22)26(19)30/h6-7,10-12,19,27-29H,8-9,13H2,1-5H3. The Hall–Kier alpha value is -3.41. The third kappa shape index (κ3) is 4.44. The first-order chi connectivity index (χ1) is 15.1. The lowest BCUT2D eigenvalue weighted by Crippen LogP contribution is -2.26. The summed E-state index contributed by atoms with van der Waals surface area (Å²) in [5.41, 5.74) is 3.41. The van der Waals surface area contributed by atoms with E-state index < -0.39 is 5.92 Å². The van der Waals surface area contributed by atoms with Crippen molar-refractivity contribution in [2.45, 2.75) is 46.5 Å². The number of phenols is 3. The molecule has 1 atom stereocenters. The van der Waals surface area contributed by atoms with E-state index in [1.54, 1.807) is 6.07 Å². The van der Waals surface area contributed by atoms with Crippen LogP contribution >= 0.6 is 0 Å². The number of hydrogen-bond donors (Lipinski definition) is 3. The molecular weight excluding hydrogens is 408 g/mol. The van der Waals surface area contributed by atoms with Gasteiger partial charge in [-0.3, -0.25) is 4.79 Å². The van der Waals surface area contributed by atoms with Crippen molar-refractivity contribution in [2.24, 2.45) is 0 Å². The summed E-state index contributed by atoms with van der Waals surface area (Å²) in [5, 5.41) is 32.1. The number of carbonyl (C=O) groups is 1. The molecule has 0 radical (unpaired) electrons. The number of hydrogen-bond acceptors (Lipinski definition) is 6. The number of Topliss-reactive ketones (excluding diaryl/α,β-unsaturated/α-hetero) is 1. The maximum atomic E-state index is 13.5. The molecule has 3 N–H and O–H groups in total. The predicted octanol–water partition coefficient (Wildman–Crippen LogP) is 5.19. The van der Waals surface area contributed by atoms with Crippen molar-refractivity contribution in [3.63, 3.8) is 0 Å². The van der Waals surface area contributed by atoms with E-state index in [1.165, 1.54) is 19.2 Å². The molecule has 0 aliphatic carbocycles. The van der Waals surface area contributed by atoms with Crippen LogP contribution in [0, 0.1) is 0 Å². The Labute approximate surface area is 188 Å². The van der Waals surface area contributed by atoms with Crippen molar-refractivity contribution < 1.29 is 29.6 Å². The first-order valence-corrected chi connectivity index (χ1v) is 10.6. The Kier molecular flexibility index (Phi) is 6.82. The summed E-state index contributed by atoms with van der Waals surface area (Å²) in [7, 11) is 1.50. The van der Waals surface area contributed by atoms with Crippen LogP contribution in [0.2, 0.25) is 0 Å². The molecule has 0 spiro atoms. The van der Waals surface area contributed by atoms with Gasteiger partial charge in [0.25, 0.3) is 0 Å². The van der Waals surface area contributed by atoms with Gasteiger partial charge in [-0.15, -0.1) is 0 Å². The van der Waals surface area contributed by atoms with Gasteiger partial charge in [-0.1, -0.05) is 29.4 Å². The average molecular weight is 439 g/mol. The van der Waals surface area contributed by atoms with Gasteiger partial charge < -0.3 is 24.8 Å². The van der Waals surface area contributed by atoms with Crippen molar-refractivity contribution >= 4 is 5.78 Å². The monoisotopic (exact) mass is 438 g/mol. The number of benzene rings is 2. The van der Waals surface area contributed by atoms with Crippen LogP contribution in [0.3, 0.4) is 0 Å².